The molecule has 1 fully saturated rings. The molecular formula is C23H23N6O9P. The number of para-hydroxylation sites is 1. The molecule has 0 amide bonds. The number of aromatic amines is 1. The van der Waals surface area contributed by atoms with Crippen molar-refractivity contribution in [3.63, 3.8) is 0 Å². The molecule has 4 atom stereocenters. The van der Waals surface area contributed by atoms with E-state index in [2.05, 4.69) is 15.0 Å². The summed E-state index contributed by atoms with van der Waals surface area (Å²) in [5, 5.41) is 14.6. The summed E-state index contributed by atoms with van der Waals surface area (Å²) < 4.78 is 37.3. The predicted molar refractivity (Wildman–Crippen MR) is 136 cm³/mol. The second kappa shape index (κ2) is 12.1. The quantitative estimate of drug-likeness (QED) is 0.0896. The summed E-state index contributed by atoms with van der Waals surface area (Å²) in [6, 6.07) is 12.8. The van der Waals surface area contributed by atoms with E-state index in [-0.39, 0.29) is 30.0 Å². The molecule has 15 nitrogen and oxygen atoms in total. The first-order valence-electron chi connectivity index (χ1n) is 11.6. The molecule has 39 heavy (non-hydrogen) atoms. The Kier molecular flexibility index (Phi) is 8.59. The van der Waals surface area contributed by atoms with E-state index in [0.717, 1.165) is 0 Å². The summed E-state index contributed by atoms with van der Waals surface area (Å²) in [5.74, 6) is 0.191. The van der Waals surface area contributed by atoms with E-state index < -0.39 is 49.0 Å². The highest BCUT2D eigenvalue weighted by atomic mass is 31.2. The SMILES string of the molecule is Cc1cn([C@H]2C[C@H](N=[N+]=[N-])[C@@H](COP(=O)(OCc3ccc([N+](=O)[O-])cc3)Oc3ccccc3)O2)c(=O)[nH]c1=O. The van der Waals surface area contributed by atoms with Crippen molar-refractivity contribution >= 4 is 13.5 Å². The lowest BCUT2D eigenvalue weighted by atomic mass is 10.1. The number of nitrogens with one attached hydrogen (secondary N) is 1. The Morgan fingerprint density at radius 1 is 1.21 bits per heavy atom. The van der Waals surface area contributed by atoms with Crippen LogP contribution in [0.2, 0.25) is 0 Å². The monoisotopic (exact) mass is 558 g/mol. The van der Waals surface area contributed by atoms with E-state index in [0.29, 0.717) is 5.56 Å². The standard InChI is InChI=1S/C23H23N6O9P/c1-15-12-28(23(31)25-22(15)30)21-11-19(26-27-24)20(37-21)14-36-39(34,38-18-5-3-2-4-6-18)35-13-16-7-9-17(10-8-16)29(32)33/h2-10,12,19-21H,11,13-14H2,1H3,(H,25,30,31)/t19-,20+,21+,39?/m0/s1. The maximum Gasteiger partial charge on any atom is 0.530 e. The maximum atomic E-state index is 13.6. The number of hydrogen-bond donors (Lipinski definition) is 1. The molecule has 1 aliphatic rings. The van der Waals surface area contributed by atoms with Gasteiger partial charge in [-0.25, -0.2) is 9.36 Å². The van der Waals surface area contributed by atoms with E-state index in [1.54, 1.807) is 30.3 Å². The molecule has 0 spiro atoms. The number of azide groups is 1. The van der Waals surface area contributed by atoms with Gasteiger partial charge in [0.05, 0.1) is 30.3 Å². The topological polar surface area (TPSA) is 201 Å². The molecule has 16 heteroatoms. The van der Waals surface area contributed by atoms with Crippen molar-refractivity contribution in [2.45, 2.75) is 38.3 Å². The number of aromatic nitrogens is 2. The fourth-order valence-electron chi connectivity index (χ4n) is 3.76. The number of rotatable bonds is 11. The van der Waals surface area contributed by atoms with Crippen molar-refractivity contribution in [2.24, 2.45) is 5.11 Å². The Labute approximate surface area is 220 Å². The van der Waals surface area contributed by atoms with Crippen LogP contribution >= 0.6 is 7.82 Å². The zero-order valence-electron chi connectivity index (χ0n) is 20.5. The molecule has 204 valence electrons. The third kappa shape index (κ3) is 6.99. The number of aryl methyl sites for hydroxylation is 1. The van der Waals surface area contributed by atoms with Crippen LogP contribution in [0.5, 0.6) is 5.75 Å². The van der Waals surface area contributed by atoms with E-state index in [1.165, 1.54) is 42.0 Å². The van der Waals surface area contributed by atoms with Crippen LogP contribution in [-0.2, 0) is 25.0 Å². The van der Waals surface area contributed by atoms with Crippen LogP contribution in [-0.4, -0.2) is 33.2 Å². The highest BCUT2D eigenvalue weighted by Crippen LogP contribution is 2.51. The first-order valence-corrected chi connectivity index (χ1v) is 13.0. The first kappa shape index (κ1) is 27.8. The Balaban J connectivity index is 1.51. The molecule has 1 unspecified atom stereocenters. The van der Waals surface area contributed by atoms with Crippen molar-refractivity contribution in [3.05, 3.63) is 113 Å². The molecule has 4 rings (SSSR count). The zero-order valence-corrected chi connectivity index (χ0v) is 21.4. The van der Waals surface area contributed by atoms with Gasteiger partial charge < -0.3 is 9.26 Å². The van der Waals surface area contributed by atoms with E-state index in [4.69, 9.17) is 23.8 Å². The first-order chi connectivity index (χ1) is 18.7. The number of ether oxygens (including phenoxy) is 1. The van der Waals surface area contributed by atoms with Crippen LogP contribution in [0.15, 0.2) is 75.5 Å². The van der Waals surface area contributed by atoms with Crippen LogP contribution in [0.3, 0.4) is 0 Å². The molecule has 2 heterocycles. The van der Waals surface area contributed by atoms with Gasteiger partial charge in [0.15, 0.2) is 0 Å². The number of benzene rings is 2. The second-order valence-electron chi connectivity index (χ2n) is 8.46. The van der Waals surface area contributed by atoms with Gasteiger partial charge in [0.25, 0.3) is 11.2 Å². The number of H-pyrrole nitrogens is 1. The molecule has 2 aromatic carbocycles. The Morgan fingerprint density at radius 2 is 1.92 bits per heavy atom. The van der Waals surface area contributed by atoms with Gasteiger partial charge >= 0.3 is 13.5 Å². The Hall–Kier alpha value is -4.26. The minimum absolute atomic E-state index is 0.0803. The molecule has 1 aromatic heterocycles. The van der Waals surface area contributed by atoms with E-state index >= 15 is 0 Å². The third-order valence-corrected chi connectivity index (χ3v) is 7.10. The minimum Gasteiger partial charge on any atom is -0.404 e. The van der Waals surface area contributed by atoms with Crippen LogP contribution in [0.1, 0.15) is 23.8 Å². The highest BCUT2D eigenvalue weighted by Gasteiger charge is 2.39. The van der Waals surface area contributed by atoms with Gasteiger partial charge in [-0.2, -0.15) is 0 Å². The smallest absolute Gasteiger partial charge is 0.404 e. The van der Waals surface area contributed by atoms with Crippen LogP contribution < -0.4 is 15.8 Å². The lowest BCUT2D eigenvalue weighted by Gasteiger charge is -2.22. The number of phosphoric acid groups is 1. The molecular weight excluding hydrogens is 535 g/mol. The van der Waals surface area contributed by atoms with Gasteiger partial charge in [0.2, 0.25) is 0 Å². The van der Waals surface area contributed by atoms with E-state index in [1.807, 2.05) is 0 Å². The Bertz CT molecular complexity index is 1540. The van der Waals surface area contributed by atoms with Crippen molar-refractivity contribution < 1.29 is 27.8 Å². The van der Waals surface area contributed by atoms with Crippen molar-refractivity contribution in [1.82, 2.24) is 9.55 Å². The highest BCUT2D eigenvalue weighted by molar-refractivity contribution is 7.48. The average molecular weight is 558 g/mol. The van der Waals surface area contributed by atoms with Crippen molar-refractivity contribution in [3.8, 4) is 5.75 Å². The minimum atomic E-state index is -4.32. The largest absolute Gasteiger partial charge is 0.530 e. The molecule has 0 bridgehead atoms. The van der Waals surface area contributed by atoms with E-state index in [9.17, 15) is 24.3 Å². The zero-order chi connectivity index (χ0) is 28.0. The summed E-state index contributed by atoms with van der Waals surface area (Å²) in [6.07, 6.45) is -0.427. The van der Waals surface area contributed by atoms with Gasteiger partial charge in [0, 0.05) is 35.2 Å². The second-order valence-corrected chi connectivity index (χ2v) is 10.1. The van der Waals surface area contributed by atoms with Gasteiger partial charge in [-0.1, -0.05) is 23.3 Å². The summed E-state index contributed by atoms with van der Waals surface area (Å²) in [5.41, 5.74) is 8.41. The van der Waals surface area contributed by atoms with Gasteiger partial charge in [-0.05, 0) is 42.3 Å². The molecule has 0 radical (unpaired) electrons. The fourth-order valence-corrected chi connectivity index (χ4v) is 4.95. The lowest BCUT2D eigenvalue weighted by molar-refractivity contribution is -0.384. The van der Waals surface area contributed by atoms with Gasteiger partial charge in [-0.3, -0.25) is 33.5 Å². The maximum absolute atomic E-state index is 13.6. The molecule has 1 aliphatic heterocycles. The summed E-state index contributed by atoms with van der Waals surface area (Å²) in [6.45, 7) is 0.860. The van der Waals surface area contributed by atoms with Crippen LogP contribution in [0.25, 0.3) is 10.4 Å². The number of nitrogens with zero attached hydrogens (tertiary/aromatic N) is 5. The average Bonchev–Trinajstić information content (AvgIpc) is 3.32. The van der Waals surface area contributed by atoms with Crippen molar-refractivity contribution in [1.29, 1.82) is 0 Å². The molecule has 0 aliphatic carbocycles. The number of phosphoric ester groups is 1. The molecule has 0 saturated carbocycles. The predicted octanol–water partition coefficient (Wildman–Crippen LogP) is 4.14. The van der Waals surface area contributed by atoms with Gasteiger partial charge in [-0.15, -0.1) is 0 Å². The van der Waals surface area contributed by atoms with Gasteiger partial charge in [0.1, 0.15) is 12.0 Å². The number of hydrogen-bond acceptors (Lipinski definition) is 10. The van der Waals surface area contributed by atoms with Crippen molar-refractivity contribution in [2.75, 3.05) is 6.61 Å². The summed E-state index contributed by atoms with van der Waals surface area (Å²) in [7, 11) is -4.32. The third-order valence-electron chi connectivity index (χ3n) is 5.75. The van der Waals surface area contributed by atoms with Crippen LogP contribution in [0, 0.1) is 17.0 Å². The van der Waals surface area contributed by atoms with Crippen LogP contribution in [0.4, 0.5) is 5.69 Å². The Morgan fingerprint density at radius 3 is 2.59 bits per heavy atom. The lowest BCUT2D eigenvalue weighted by Crippen LogP contribution is -2.33. The normalized spacial score (nSPS) is 20.1. The summed E-state index contributed by atoms with van der Waals surface area (Å²) >= 11 is 0. The number of non-ortho nitro benzene ring substituents is 1. The molecule has 1 N–H and O–H groups in total. The molecule has 1 saturated heterocycles. The molecule has 3 aromatic rings. The fraction of sp³-hybridized carbons (Fsp3) is 0.304. The number of nitro groups is 1. The summed E-state index contributed by atoms with van der Waals surface area (Å²) in [4.78, 5) is 39.4. The number of nitro benzene ring substituents is 1.